The third kappa shape index (κ3) is 3.50. The summed E-state index contributed by atoms with van der Waals surface area (Å²) in [4.78, 5) is 7.15. The van der Waals surface area contributed by atoms with Crippen molar-refractivity contribution in [2.24, 2.45) is 5.41 Å². The summed E-state index contributed by atoms with van der Waals surface area (Å²) in [6, 6.07) is 8.56. The average Bonchev–Trinajstić information content (AvgIpc) is 2.78. The molecule has 0 aliphatic heterocycles. The Hall–Kier alpha value is -0.840. The molecule has 1 N–H and O–H groups in total. The van der Waals surface area contributed by atoms with Crippen LogP contribution in [0.3, 0.4) is 0 Å². The molecule has 1 aromatic carbocycles. The highest BCUT2D eigenvalue weighted by Gasteiger charge is 2.33. The van der Waals surface area contributed by atoms with Crippen LogP contribution in [0.1, 0.15) is 47.5 Å². The Kier molecular flexibility index (Phi) is 4.12. The van der Waals surface area contributed by atoms with Crippen LogP contribution in [-0.4, -0.2) is 10.1 Å². The maximum absolute atomic E-state index is 10.3. The Morgan fingerprint density at radius 1 is 1.43 bits per heavy atom. The van der Waals surface area contributed by atoms with Crippen molar-refractivity contribution in [1.29, 1.82) is 0 Å². The van der Waals surface area contributed by atoms with Gasteiger partial charge in [0.05, 0.1) is 22.4 Å². The number of aliphatic hydroxyl groups excluding tert-OH is 1. The molecule has 2 nitrogen and oxygen atoms in total. The number of hydrogen-bond acceptors (Lipinski definition) is 4. The second-order valence-electron chi connectivity index (χ2n) is 6.58. The van der Waals surface area contributed by atoms with Gasteiger partial charge >= 0.3 is 0 Å². The Balaban J connectivity index is 1.73. The lowest BCUT2D eigenvalue weighted by Crippen LogP contribution is -2.24. The summed E-state index contributed by atoms with van der Waals surface area (Å²) in [5, 5.41) is 11.4. The topological polar surface area (TPSA) is 33.1 Å². The molecule has 4 heteroatoms. The molecule has 2 aromatic rings. The van der Waals surface area contributed by atoms with E-state index in [1.54, 1.807) is 11.3 Å². The van der Waals surface area contributed by atoms with Crippen LogP contribution in [-0.2, 0) is 12.2 Å². The van der Waals surface area contributed by atoms with Crippen molar-refractivity contribution in [3.63, 3.8) is 0 Å². The van der Waals surface area contributed by atoms with Crippen LogP contribution in [0.25, 0.3) is 0 Å². The van der Waals surface area contributed by atoms with Crippen LogP contribution in [0, 0.1) is 12.3 Å². The summed E-state index contributed by atoms with van der Waals surface area (Å²) in [6.45, 7) is 6.53. The van der Waals surface area contributed by atoms with E-state index < -0.39 is 0 Å². The molecule has 1 aromatic heterocycles. The summed E-state index contributed by atoms with van der Waals surface area (Å²) in [5.74, 6) is 0.883. The van der Waals surface area contributed by atoms with E-state index in [-0.39, 0.29) is 11.5 Å². The average molecular weight is 319 g/mol. The smallest absolute Gasteiger partial charge is 0.103 e. The molecule has 0 saturated carbocycles. The first-order valence-electron chi connectivity index (χ1n) is 7.29. The van der Waals surface area contributed by atoms with Crippen molar-refractivity contribution in [2.75, 3.05) is 0 Å². The van der Waals surface area contributed by atoms with Crippen LogP contribution in [0.2, 0.25) is 0 Å². The van der Waals surface area contributed by atoms with E-state index in [1.807, 2.05) is 11.8 Å². The zero-order chi connectivity index (χ0) is 15.0. The second-order valence-corrected chi connectivity index (χ2v) is 8.75. The molecule has 0 saturated heterocycles. The number of nitrogens with zero attached hydrogens (tertiary/aromatic N) is 1. The molecule has 0 fully saturated rings. The molecule has 1 heterocycles. The number of aryl methyl sites for hydroxylation is 1. The minimum Gasteiger partial charge on any atom is -0.387 e. The van der Waals surface area contributed by atoms with Gasteiger partial charge in [0.1, 0.15) is 5.01 Å². The molecular formula is C17H21NOS2. The number of benzene rings is 1. The van der Waals surface area contributed by atoms with Crippen LogP contribution < -0.4 is 0 Å². The van der Waals surface area contributed by atoms with Gasteiger partial charge < -0.3 is 5.11 Å². The lowest BCUT2D eigenvalue weighted by Gasteiger charge is -2.31. The largest absolute Gasteiger partial charge is 0.387 e. The highest BCUT2D eigenvalue weighted by molar-refractivity contribution is 7.98. The fraction of sp³-hybridized carbons (Fsp3) is 0.471. The van der Waals surface area contributed by atoms with Crippen molar-refractivity contribution in [3.8, 4) is 0 Å². The van der Waals surface area contributed by atoms with Gasteiger partial charge in [-0.1, -0.05) is 31.5 Å². The van der Waals surface area contributed by atoms with Crippen molar-refractivity contribution in [1.82, 2.24) is 4.98 Å². The fourth-order valence-electron chi connectivity index (χ4n) is 2.85. The number of aliphatic hydroxyl groups is 1. The van der Waals surface area contributed by atoms with Crippen LogP contribution in [0.15, 0.2) is 29.2 Å². The van der Waals surface area contributed by atoms with Gasteiger partial charge in [-0.3, -0.25) is 0 Å². The van der Waals surface area contributed by atoms with Gasteiger partial charge in [-0.05, 0) is 37.3 Å². The van der Waals surface area contributed by atoms with E-state index in [0.717, 1.165) is 34.2 Å². The quantitative estimate of drug-likeness (QED) is 0.829. The predicted molar refractivity (Wildman–Crippen MR) is 89.9 cm³/mol. The predicted octanol–water partition coefficient (Wildman–Crippen LogP) is 4.75. The lowest BCUT2D eigenvalue weighted by atomic mass is 9.77. The molecule has 0 radical (unpaired) electrons. The number of rotatable bonds is 3. The van der Waals surface area contributed by atoms with E-state index in [4.69, 9.17) is 4.98 Å². The van der Waals surface area contributed by atoms with Crippen LogP contribution in [0.5, 0.6) is 0 Å². The van der Waals surface area contributed by atoms with Crippen molar-refractivity contribution in [2.45, 2.75) is 50.4 Å². The zero-order valence-corrected chi connectivity index (χ0v) is 14.4. The Morgan fingerprint density at radius 3 is 3.00 bits per heavy atom. The third-order valence-corrected chi connectivity index (χ3v) is 6.20. The van der Waals surface area contributed by atoms with E-state index in [9.17, 15) is 5.11 Å². The number of thioether (sulfide) groups is 1. The van der Waals surface area contributed by atoms with Crippen molar-refractivity contribution < 1.29 is 5.11 Å². The third-order valence-electron chi connectivity index (χ3n) is 3.82. The first-order chi connectivity index (χ1) is 9.93. The number of fused-ring (bicyclic) bond motifs is 1. The Bertz CT molecular complexity index is 648. The summed E-state index contributed by atoms with van der Waals surface area (Å²) in [6.07, 6.45) is 1.48. The maximum Gasteiger partial charge on any atom is 0.103 e. The molecule has 1 atom stereocenters. The molecule has 1 aliphatic carbocycles. The molecule has 0 spiro atoms. The Morgan fingerprint density at radius 2 is 2.24 bits per heavy atom. The first kappa shape index (κ1) is 15.1. The van der Waals surface area contributed by atoms with E-state index in [2.05, 4.69) is 45.0 Å². The molecule has 112 valence electrons. The highest BCUT2D eigenvalue weighted by atomic mass is 32.2. The van der Waals surface area contributed by atoms with Gasteiger partial charge in [-0.25, -0.2) is 4.98 Å². The van der Waals surface area contributed by atoms with Crippen LogP contribution >= 0.6 is 23.1 Å². The van der Waals surface area contributed by atoms with Gasteiger partial charge in [-0.15, -0.1) is 23.1 Å². The number of thiazole rings is 1. The van der Waals surface area contributed by atoms with Crippen molar-refractivity contribution in [3.05, 3.63) is 45.4 Å². The fourth-order valence-corrected chi connectivity index (χ4v) is 4.93. The summed E-state index contributed by atoms with van der Waals surface area (Å²) in [5.41, 5.74) is 2.56. The van der Waals surface area contributed by atoms with Gasteiger partial charge in [0.2, 0.25) is 0 Å². The van der Waals surface area contributed by atoms with E-state index in [1.165, 1.54) is 10.5 Å². The molecule has 1 aliphatic rings. The zero-order valence-electron chi connectivity index (χ0n) is 12.7. The molecule has 0 bridgehead atoms. The van der Waals surface area contributed by atoms with Gasteiger partial charge in [-0.2, -0.15) is 0 Å². The minimum atomic E-state index is -0.334. The molecular weight excluding hydrogens is 298 g/mol. The number of aromatic nitrogens is 1. The standard InChI is InChI=1S/C17H21NOS2/c1-11-5-4-6-12(7-11)20-10-15-18-13-8-17(2,3)9-14(19)16(13)21-15/h4-7,14,19H,8-10H2,1-3H3. The van der Waals surface area contributed by atoms with E-state index >= 15 is 0 Å². The number of hydrogen-bond donors (Lipinski definition) is 1. The highest BCUT2D eigenvalue weighted by Crippen LogP contribution is 2.43. The molecule has 21 heavy (non-hydrogen) atoms. The lowest BCUT2D eigenvalue weighted by molar-refractivity contribution is 0.102. The summed E-state index contributed by atoms with van der Waals surface area (Å²) < 4.78 is 0. The molecule has 0 amide bonds. The summed E-state index contributed by atoms with van der Waals surface area (Å²) >= 11 is 3.50. The first-order valence-corrected chi connectivity index (χ1v) is 9.09. The van der Waals surface area contributed by atoms with Crippen molar-refractivity contribution >= 4 is 23.1 Å². The van der Waals surface area contributed by atoms with Gasteiger partial charge in [0.25, 0.3) is 0 Å². The van der Waals surface area contributed by atoms with Crippen LogP contribution in [0.4, 0.5) is 0 Å². The SMILES string of the molecule is Cc1cccc(SCc2nc3c(s2)C(O)CC(C)(C)C3)c1. The normalized spacial score (nSPS) is 20.3. The van der Waals surface area contributed by atoms with E-state index in [0.29, 0.717) is 0 Å². The van der Waals surface area contributed by atoms with Gasteiger partial charge in [0.15, 0.2) is 0 Å². The Labute approximate surface area is 134 Å². The molecule has 3 rings (SSSR count). The molecule has 1 unspecified atom stereocenters. The maximum atomic E-state index is 10.3. The second kappa shape index (κ2) is 5.75. The monoisotopic (exact) mass is 319 g/mol. The van der Waals surface area contributed by atoms with Gasteiger partial charge in [0, 0.05) is 4.90 Å². The summed E-state index contributed by atoms with van der Waals surface area (Å²) in [7, 11) is 0. The minimum absolute atomic E-state index is 0.154.